The molecule has 0 aromatic heterocycles. The minimum Gasteiger partial charge on any atom is -0.475 e. The first-order chi connectivity index (χ1) is 31.0. The van der Waals surface area contributed by atoms with Crippen molar-refractivity contribution in [2.24, 2.45) is 0 Å². The highest BCUT2D eigenvalue weighted by atomic mass is 19.4. The molecule has 1 aliphatic rings. The van der Waals surface area contributed by atoms with Crippen molar-refractivity contribution in [3.8, 4) is 11.1 Å². The summed E-state index contributed by atoms with van der Waals surface area (Å²) >= 11 is 0. The number of halogens is 13. The fourth-order valence-electron chi connectivity index (χ4n) is 5.30. The summed E-state index contributed by atoms with van der Waals surface area (Å²) < 4.78 is 142. The monoisotopic (exact) mass is 1000 g/mol. The molecule has 0 spiro atoms. The summed E-state index contributed by atoms with van der Waals surface area (Å²) in [5, 5.41) is 35.0. The van der Waals surface area contributed by atoms with Crippen LogP contribution < -0.4 is 10.6 Å². The molecule has 0 radical (unpaired) electrons. The summed E-state index contributed by atoms with van der Waals surface area (Å²) in [4.78, 5) is 55.5. The molecule has 1 amide bonds. The van der Waals surface area contributed by atoms with Gasteiger partial charge in [-0.15, -0.1) is 0 Å². The highest BCUT2D eigenvalue weighted by Gasteiger charge is 2.40. The largest absolute Gasteiger partial charge is 0.490 e. The number of rotatable bonds is 12. The molecule has 3 aromatic rings. The summed E-state index contributed by atoms with van der Waals surface area (Å²) in [5.74, 6) is -11.4. The van der Waals surface area contributed by atoms with Crippen molar-refractivity contribution in [1.82, 2.24) is 25.3 Å². The molecule has 3 aromatic carbocycles. The third-order valence-corrected chi connectivity index (χ3v) is 8.34. The first kappa shape index (κ1) is 61.9. The number of carboxylic acids is 4. The zero-order chi connectivity index (χ0) is 52.8. The van der Waals surface area contributed by atoms with E-state index in [9.17, 15) is 61.9 Å². The maximum Gasteiger partial charge on any atom is 0.490 e. The predicted molar refractivity (Wildman–Crippen MR) is 216 cm³/mol. The fourth-order valence-corrected chi connectivity index (χ4v) is 5.30. The van der Waals surface area contributed by atoms with E-state index in [2.05, 4.69) is 71.6 Å². The molecule has 14 nitrogen and oxygen atoms in total. The second kappa shape index (κ2) is 28.3. The van der Waals surface area contributed by atoms with Gasteiger partial charge in [0.1, 0.15) is 5.82 Å². The highest BCUT2D eigenvalue weighted by molar-refractivity contribution is 5.94. The second-order valence-electron chi connectivity index (χ2n) is 14.6. The topological polar surface area (TPSA) is 200 Å². The van der Waals surface area contributed by atoms with Crippen molar-refractivity contribution >= 4 is 29.8 Å². The van der Waals surface area contributed by atoms with Gasteiger partial charge in [0.2, 0.25) is 0 Å². The lowest BCUT2D eigenvalue weighted by Gasteiger charge is -2.31. The average Bonchev–Trinajstić information content (AvgIpc) is 3.20. The molecule has 68 heavy (non-hydrogen) atoms. The van der Waals surface area contributed by atoms with Crippen LogP contribution in [-0.4, -0.2) is 150 Å². The molecular formula is C41H48F13N5O9. The fraction of sp³-hybridized carbons (Fsp3) is 0.439. The molecule has 1 aliphatic heterocycles. The van der Waals surface area contributed by atoms with Crippen LogP contribution in [0.5, 0.6) is 0 Å². The van der Waals surface area contributed by atoms with E-state index in [1.54, 1.807) is 6.07 Å². The standard InChI is InChI=1S/C33H44FN5O.4C2HF3O2/c1-25-22-39(17-14-35-25)24-28-9-5-10-29(18-28)31-20-26(12-13-32(31)34)21-36-33(40)30-11-6-8-27(19-30)23-38(4)16-7-15-37(2)3;4*3-2(4,5)1(6)7/h5-6,8-13,18-20,25,35H,7,14-17,21-24H2,1-4H3,(H,36,40);4*(H,6,7)/t25-;;;;/m0..../s1. The van der Waals surface area contributed by atoms with E-state index >= 15 is 0 Å². The molecule has 6 N–H and O–H groups in total. The SMILES string of the molecule is C[C@H]1CN(Cc2cccc(-c3cc(CNC(=O)c4cccc(CN(C)CCCN(C)C)c4)ccc3F)c2)CCN1.O=C(O)C(F)(F)F.O=C(O)C(F)(F)F.O=C(O)C(F)(F)F.O=C(O)C(F)(F)F. The Morgan fingerprint density at radius 1 is 0.676 bits per heavy atom. The van der Waals surface area contributed by atoms with E-state index in [1.807, 2.05) is 36.4 Å². The van der Waals surface area contributed by atoms with Crippen molar-refractivity contribution in [3.05, 3.63) is 94.8 Å². The van der Waals surface area contributed by atoms with Gasteiger partial charge in [0.05, 0.1) is 0 Å². The van der Waals surface area contributed by atoms with Crippen LogP contribution in [0.1, 0.15) is 40.4 Å². The van der Waals surface area contributed by atoms with Gasteiger partial charge in [-0.2, -0.15) is 52.7 Å². The van der Waals surface area contributed by atoms with E-state index in [0.717, 1.165) is 68.9 Å². The van der Waals surface area contributed by atoms with Gasteiger partial charge in [-0.25, -0.2) is 23.6 Å². The minimum absolute atomic E-state index is 0.129. The first-order valence-electron chi connectivity index (χ1n) is 19.3. The van der Waals surface area contributed by atoms with Crippen LogP contribution in [0.15, 0.2) is 66.7 Å². The van der Waals surface area contributed by atoms with Gasteiger partial charge in [0, 0.05) is 56.4 Å². The smallest absolute Gasteiger partial charge is 0.475 e. The molecule has 1 fully saturated rings. The Labute approximate surface area is 379 Å². The number of benzene rings is 3. The first-order valence-corrected chi connectivity index (χ1v) is 19.3. The van der Waals surface area contributed by atoms with Crippen LogP contribution in [0.25, 0.3) is 11.1 Å². The Morgan fingerprint density at radius 3 is 1.63 bits per heavy atom. The number of carboxylic acid groups (broad SMARTS) is 4. The van der Waals surface area contributed by atoms with E-state index in [1.165, 1.54) is 11.6 Å². The normalized spacial score (nSPS) is 14.1. The third kappa shape index (κ3) is 26.9. The number of alkyl halides is 12. The molecule has 382 valence electrons. The number of hydrogen-bond donors (Lipinski definition) is 6. The Kier molecular flexibility index (Phi) is 25.8. The third-order valence-electron chi connectivity index (χ3n) is 8.34. The summed E-state index contributed by atoms with van der Waals surface area (Å²) in [6.45, 7) is 9.23. The van der Waals surface area contributed by atoms with Crippen LogP contribution in [0.2, 0.25) is 0 Å². The number of carbonyl (C=O) groups is 5. The van der Waals surface area contributed by atoms with Crippen LogP contribution >= 0.6 is 0 Å². The second-order valence-corrected chi connectivity index (χ2v) is 14.6. The quantitative estimate of drug-likeness (QED) is 0.100. The van der Waals surface area contributed by atoms with E-state index < -0.39 is 48.6 Å². The average molecular weight is 1000 g/mol. The molecule has 0 saturated carbocycles. The van der Waals surface area contributed by atoms with E-state index in [-0.39, 0.29) is 11.7 Å². The van der Waals surface area contributed by atoms with Gasteiger partial charge < -0.3 is 40.9 Å². The van der Waals surface area contributed by atoms with Gasteiger partial charge in [-0.05, 0) is 100 Å². The lowest BCUT2D eigenvalue weighted by Crippen LogP contribution is -2.48. The van der Waals surface area contributed by atoms with Crippen molar-refractivity contribution in [2.75, 3.05) is 53.9 Å². The Balaban J connectivity index is 0.00000129. The molecule has 4 rings (SSSR count). The van der Waals surface area contributed by atoms with Gasteiger partial charge in [-0.1, -0.05) is 36.4 Å². The number of nitrogens with zero attached hydrogens (tertiary/aromatic N) is 3. The van der Waals surface area contributed by atoms with Gasteiger partial charge >= 0.3 is 48.6 Å². The maximum atomic E-state index is 14.9. The lowest BCUT2D eigenvalue weighted by atomic mass is 10.00. The molecule has 27 heteroatoms. The predicted octanol–water partition coefficient (Wildman–Crippen LogP) is 7.13. The Bertz CT molecular complexity index is 1990. The summed E-state index contributed by atoms with van der Waals surface area (Å²) in [6, 6.07) is 21.5. The Morgan fingerprint density at radius 2 is 1.16 bits per heavy atom. The zero-order valence-electron chi connectivity index (χ0n) is 36.4. The van der Waals surface area contributed by atoms with Gasteiger partial charge in [-0.3, -0.25) is 9.69 Å². The molecule has 1 saturated heterocycles. The molecule has 0 unspecified atom stereocenters. The highest BCUT2D eigenvalue weighted by Crippen LogP contribution is 2.26. The number of aliphatic carboxylic acids is 4. The lowest BCUT2D eigenvalue weighted by molar-refractivity contribution is -0.193. The van der Waals surface area contributed by atoms with Crippen LogP contribution in [0.4, 0.5) is 57.1 Å². The van der Waals surface area contributed by atoms with Crippen LogP contribution in [-0.2, 0) is 38.8 Å². The molecule has 0 bridgehead atoms. The minimum atomic E-state index is -5.08. The number of carbonyl (C=O) groups excluding carboxylic acids is 1. The number of hydrogen-bond acceptors (Lipinski definition) is 9. The van der Waals surface area contributed by atoms with E-state index in [0.29, 0.717) is 23.7 Å². The van der Waals surface area contributed by atoms with Crippen molar-refractivity contribution in [3.63, 3.8) is 0 Å². The number of nitrogens with one attached hydrogen (secondary N) is 2. The van der Waals surface area contributed by atoms with E-state index in [4.69, 9.17) is 39.6 Å². The Hall–Kier alpha value is -6.06. The molecular weight excluding hydrogens is 953 g/mol. The molecule has 1 atom stereocenters. The zero-order valence-corrected chi connectivity index (χ0v) is 36.4. The number of piperazine rings is 1. The van der Waals surface area contributed by atoms with Crippen LogP contribution in [0, 0.1) is 5.82 Å². The maximum absolute atomic E-state index is 14.9. The molecule has 1 heterocycles. The summed E-state index contributed by atoms with van der Waals surface area (Å²) in [6.07, 6.45) is -19.2. The number of amides is 1. The summed E-state index contributed by atoms with van der Waals surface area (Å²) in [5.41, 5.74) is 5.20. The molecule has 0 aliphatic carbocycles. The van der Waals surface area contributed by atoms with Crippen molar-refractivity contribution in [1.29, 1.82) is 0 Å². The van der Waals surface area contributed by atoms with Crippen LogP contribution in [0.3, 0.4) is 0 Å². The van der Waals surface area contributed by atoms with Gasteiger partial charge in [0.25, 0.3) is 5.91 Å². The summed E-state index contributed by atoms with van der Waals surface area (Å²) in [7, 11) is 6.28. The van der Waals surface area contributed by atoms with Gasteiger partial charge in [0.15, 0.2) is 0 Å². The van der Waals surface area contributed by atoms with Crippen molar-refractivity contribution in [2.45, 2.75) is 63.7 Å². The van der Waals surface area contributed by atoms with Crippen molar-refractivity contribution < 1.29 is 101 Å².